The van der Waals surface area contributed by atoms with Crippen LogP contribution in [0.1, 0.15) is 5.69 Å². The molecule has 0 spiro atoms. The third-order valence-corrected chi connectivity index (χ3v) is 1.57. The zero-order valence-electron chi connectivity index (χ0n) is 7.07. The lowest BCUT2D eigenvalue weighted by Gasteiger charge is -1.92. The van der Waals surface area contributed by atoms with Crippen LogP contribution >= 0.6 is 0 Å². The maximum Gasteiger partial charge on any atom is 0.139 e. The second-order valence-electron chi connectivity index (χ2n) is 2.49. The van der Waals surface area contributed by atoms with Gasteiger partial charge in [0.1, 0.15) is 12.7 Å². The van der Waals surface area contributed by atoms with Gasteiger partial charge in [-0.1, -0.05) is 0 Å². The summed E-state index contributed by atoms with van der Waals surface area (Å²) in [5.74, 6) is 0. The highest BCUT2D eigenvalue weighted by atomic mass is 15.5. The van der Waals surface area contributed by atoms with Crippen molar-refractivity contribution in [3.05, 3.63) is 30.9 Å². The Morgan fingerprint density at radius 1 is 1.38 bits per heavy atom. The first-order valence-electron chi connectivity index (χ1n) is 3.71. The van der Waals surface area contributed by atoms with Crippen LogP contribution in [-0.4, -0.2) is 30.6 Å². The van der Waals surface area contributed by atoms with Crippen LogP contribution < -0.4 is 0 Å². The van der Waals surface area contributed by atoms with E-state index in [1.54, 1.807) is 18.7 Å². The van der Waals surface area contributed by atoms with E-state index in [-0.39, 0.29) is 0 Å². The molecule has 0 radical (unpaired) electrons. The molecule has 0 N–H and O–H groups in total. The molecule has 0 atom stereocenters. The molecule has 0 aliphatic rings. The number of nitrogens with zero attached hydrogens (tertiary/aromatic N) is 6. The van der Waals surface area contributed by atoms with Crippen molar-refractivity contribution < 1.29 is 0 Å². The summed E-state index contributed by atoms with van der Waals surface area (Å²) in [4.78, 5) is 9.09. The Hall–Kier alpha value is -1.98. The van der Waals surface area contributed by atoms with Gasteiger partial charge in [0.25, 0.3) is 0 Å². The standard InChI is InChI=1S/C7H8N6/c1-12-5-8-2-7(12)3-10-13-6-9-4-11-13/h2-6H,1H3/b10-3+. The van der Waals surface area contributed by atoms with E-state index in [9.17, 15) is 0 Å². The van der Waals surface area contributed by atoms with Crippen LogP contribution in [0.3, 0.4) is 0 Å². The molecule has 2 rings (SSSR count). The van der Waals surface area contributed by atoms with Gasteiger partial charge in [0.15, 0.2) is 0 Å². The zero-order chi connectivity index (χ0) is 9.10. The molecular formula is C7H8N6. The van der Waals surface area contributed by atoms with Crippen LogP contribution in [0.5, 0.6) is 0 Å². The van der Waals surface area contributed by atoms with Crippen LogP contribution in [0.15, 0.2) is 30.3 Å². The van der Waals surface area contributed by atoms with Gasteiger partial charge in [0, 0.05) is 7.05 Å². The Balaban J connectivity index is 2.19. The SMILES string of the molecule is Cn1cncc1/C=N/n1cncn1. The molecule has 0 aromatic carbocycles. The molecular weight excluding hydrogens is 168 g/mol. The van der Waals surface area contributed by atoms with Crippen molar-refractivity contribution in [2.75, 3.05) is 0 Å². The van der Waals surface area contributed by atoms with Crippen LogP contribution in [0.2, 0.25) is 0 Å². The lowest BCUT2D eigenvalue weighted by atomic mass is 10.5. The molecule has 2 aromatic rings. The molecule has 66 valence electrons. The van der Waals surface area contributed by atoms with E-state index in [2.05, 4.69) is 20.2 Å². The van der Waals surface area contributed by atoms with Crippen LogP contribution in [0, 0.1) is 0 Å². The van der Waals surface area contributed by atoms with Crippen LogP contribution in [-0.2, 0) is 7.05 Å². The van der Waals surface area contributed by atoms with Crippen molar-refractivity contribution in [2.45, 2.75) is 0 Å². The third-order valence-electron chi connectivity index (χ3n) is 1.57. The predicted molar refractivity (Wildman–Crippen MR) is 46.2 cm³/mol. The molecule has 0 bridgehead atoms. The Morgan fingerprint density at radius 3 is 2.92 bits per heavy atom. The van der Waals surface area contributed by atoms with Gasteiger partial charge < -0.3 is 4.57 Å². The first kappa shape index (κ1) is 7.66. The predicted octanol–water partition coefficient (Wildman–Crippen LogP) is -0.106. The molecule has 6 nitrogen and oxygen atoms in total. The molecule has 2 aromatic heterocycles. The first-order valence-corrected chi connectivity index (χ1v) is 3.71. The Kier molecular flexibility index (Phi) is 1.87. The smallest absolute Gasteiger partial charge is 0.139 e. The molecule has 13 heavy (non-hydrogen) atoms. The minimum Gasteiger partial charge on any atom is -0.333 e. The van der Waals surface area contributed by atoms with Crippen molar-refractivity contribution in [3.63, 3.8) is 0 Å². The topological polar surface area (TPSA) is 60.9 Å². The summed E-state index contributed by atoms with van der Waals surface area (Å²) in [5.41, 5.74) is 0.913. The summed E-state index contributed by atoms with van der Waals surface area (Å²) >= 11 is 0. The monoisotopic (exact) mass is 176 g/mol. The normalized spacial score (nSPS) is 11.2. The minimum absolute atomic E-state index is 0.913. The number of imidazole rings is 1. The second kappa shape index (κ2) is 3.18. The fraction of sp³-hybridized carbons (Fsp3) is 0.143. The molecule has 0 unspecified atom stereocenters. The van der Waals surface area contributed by atoms with Crippen molar-refractivity contribution in [2.24, 2.45) is 12.1 Å². The van der Waals surface area contributed by atoms with Gasteiger partial charge in [-0.25, -0.2) is 9.97 Å². The number of aryl methyl sites for hydroxylation is 1. The number of aromatic nitrogens is 5. The van der Waals surface area contributed by atoms with Crippen LogP contribution in [0.4, 0.5) is 0 Å². The van der Waals surface area contributed by atoms with Gasteiger partial charge in [0.05, 0.1) is 24.4 Å². The van der Waals surface area contributed by atoms with E-state index in [1.165, 1.54) is 17.4 Å². The van der Waals surface area contributed by atoms with E-state index < -0.39 is 0 Å². The summed E-state index contributed by atoms with van der Waals surface area (Å²) in [5, 5.41) is 7.85. The van der Waals surface area contributed by atoms with Gasteiger partial charge in [-0.2, -0.15) is 5.10 Å². The highest BCUT2D eigenvalue weighted by molar-refractivity contribution is 5.76. The average Bonchev–Trinajstić information content (AvgIpc) is 2.72. The molecule has 0 fully saturated rings. The molecule has 0 amide bonds. The van der Waals surface area contributed by atoms with Gasteiger partial charge in [-0.3, -0.25) is 0 Å². The molecule has 0 saturated carbocycles. The van der Waals surface area contributed by atoms with E-state index in [1.807, 2.05) is 11.6 Å². The molecule has 0 aliphatic heterocycles. The Morgan fingerprint density at radius 2 is 2.31 bits per heavy atom. The van der Waals surface area contributed by atoms with E-state index in [0.717, 1.165) is 5.69 Å². The van der Waals surface area contributed by atoms with Crippen molar-refractivity contribution in [3.8, 4) is 0 Å². The van der Waals surface area contributed by atoms with Gasteiger partial charge in [-0.15, -0.1) is 9.89 Å². The van der Waals surface area contributed by atoms with Gasteiger partial charge in [0.2, 0.25) is 0 Å². The minimum atomic E-state index is 0.913. The van der Waals surface area contributed by atoms with Crippen molar-refractivity contribution >= 4 is 6.21 Å². The largest absolute Gasteiger partial charge is 0.333 e. The summed E-state index contributed by atoms with van der Waals surface area (Å²) in [6, 6.07) is 0. The fourth-order valence-corrected chi connectivity index (χ4v) is 0.872. The summed E-state index contributed by atoms with van der Waals surface area (Å²) in [7, 11) is 1.90. The fourth-order valence-electron chi connectivity index (χ4n) is 0.872. The van der Waals surface area contributed by atoms with Gasteiger partial charge in [-0.05, 0) is 0 Å². The second-order valence-corrected chi connectivity index (χ2v) is 2.49. The quantitative estimate of drug-likeness (QED) is 0.600. The van der Waals surface area contributed by atoms with Gasteiger partial charge >= 0.3 is 0 Å². The van der Waals surface area contributed by atoms with Crippen molar-refractivity contribution in [1.29, 1.82) is 0 Å². The number of hydrogen-bond acceptors (Lipinski definition) is 4. The number of rotatable bonds is 2. The zero-order valence-corrected chi connectivity index (χ0v) is 7.07. The summed E-state index contributed by atoms with van der Waals surface area (Å²) < 4.78 is 1.86. The van der Waals surface area contributed by atoms with E-state index in [0.29, 0.717) is 0 Å². The maximum absolute atomic E-state index is 4.03. The summed E-state index contributed by atoms with van der Waals surface area (Å²) in [6.07, 6.45) is 8.05. The summed E-state index contributed by atoms with van der Waals surface area (Å²) in [6.45, 7) is 0. The maximum atomic E-state index is 4.03. The van der Waals surface area contributed by atoms with Crippen LogP contribution in [0.25, 0.3) is 0 Å². The molecule has 0 aliphatic carbocycles. The average molecular weight is 176 g/mol. The highest BCUT2D eigenvalue weighted by Gasteiger charge is 1.92. The highest BCUT2D eigenvalue weighted by Crippen LogP contribution is 1.91. The lowest BCUT2D eigenvalue weighted by Crippen LogP contribution is -1.95. The molecule has 6 heteroatoms. The first-order chi connectivity index (χ1) is 6.36. The molecule has 2 heterocycles. The third kappa shape index (κ3) is 1.61. The Bertz CT molecular complexity index is 398. The van der Waals surface area contributed by atoms with E-state index in [4.69, 9.17) is 0 Å². The molecule has 0 saturated heterocycles. The van der Waals surface area contributed by atoms with Crippen molar-refractivity contribution in [1.82, 2.24) is 24.4 Å². The van der Waals surface area contributed by atoms with E-state index >= 15 is 0 Å². The lowest BCUT2D eigenvalue weighted by molar-refractivity contribution is 0.741. The number of hydrogen-bond donors (Lipinski definition) is 0. The Labute approximate surface area is 74.5 Å².